The zero-order valence-corrected chi connectivity index (χ0v) is 10.8. The summed E-state index contributed by atoms with van der Waals surface area (Å²) in [6, 6.07) is 2.02. The van der Waals surface area contributed by atoms with E-state index in [4.69, 9.17) is 5.84 Å². The van der Waals surface area contributed by atoms with Crippen molar-refractivity contribution in [1.82, 2.24) is 9.97 Å². The summed E-state index contributed by atoms with van der Waals surface area (Å²) in [5.41, 5.74) is 3.46. The lowest BCUT2D eigenvalue weighted by atomic mass is 9.95. The van der Waals surface area contributed by atoms with Crippen LogP contribution in [0.4, 0.5) is 11.8 Å². The SMILES string of the molecule is Cc1cc(N2CCC(C(C)C)C2)nc(NN)n1. The van der Waals surface area contributed by atoms with Crippen molar-refractivity contribution in [3.05, 3.63) is 11.8 Å². The lowest BCUT2D eigenvalue weighted by Gasteiger charge is -2.19. The van der Waals surface area contributed by atoms with E-state index in [1.54, 1.807) is 0 Å². The van der Waals surface area contributed by atoms with Gasteiger partial charge in [0.2, 0.25) is 5.95 Å². The molecule has 1 unspecified atom stereocenters. The minimum absolute atomic E-state index is 0.494. The van der Waals surface area contributed by atoms with Crippen molar-refractivity contribution in [1.29, 1.82) is 0 Å². The molecule has 94 valence electrons. The van der Waals surface area contributed by atoms with Crippen molar-refractivity contribution in [3.63, 3.8) is 0 Å². The number of hydrogen-bond acceptors (Lipinski definition) is 5. The molecular formula is C12H21N5. The van der Waals surface area contributed by atoms with Crippen LogP contribution in [0.15, 0.2) is 6.07 Å². The summed E-state index contributed by atoms with van der Waals surface area (Å²) in [4.78, 5) is 10.9. The molecule has 1 fully saturated rings. The topological polar surface area (TPSA) is 67.1 Å². The predicted octanol–water partition coefficient (Wildman–Crippen LogP) is 1.55. The van der Waals surface area contributed by atoms with E-state index < -0.39 is 0 Å². The predicted molar refractivity (Wildman–Crippen MR) is 69.7 cm³/mol. The maximum Gasteiger partial charge on any atom is 0.239 e. The van der Waals surface area contributed by atoms with Gasteiger partial charge in [0.1, 0.15) is 5.82 Å². The third-order valence-corrected chi connectivity index (χ3v) is 3.46. The minimum Gasteiger partial charge on any atom is -0.356 e. The molecule has 0 saturated carbocycles. The molecule has 2 rings (SSSR count). The van der Waals surface area contributed by atoms with Crippen LogP contribution < -0.4 is 16.2 Å². The first-order chi connectivity index (χ1) is 8.10. The maximum atomic E-state index is 5.37. The molecule has 0 amide bonds. The number of nitrogens with one attached hydrogen (secondary N) is 1. The maximum absolute atomic E-state index is 5.37. The fourth-order valence-electron chi connectivity index (χ4n) is 2.32. The van der Waals surface area contributed by atoms with Crippen LogP contribution in [0.25, 0.3) is 0 Å². The van der Waals surface area contributed by atoms with E-state index in [-0.39, 0.29) is 0 Å². The zero-order chi connectivity index (χ0) is 12.4. The van der Waals surface area contributed by atoms with Crippen molar-refractivity contribution in [2.75, 3.05) is 23.4 Å². The monoisotopic (exact) mass is 235 g/mol. The average Bonchev–Trinajstić information content (AvgIpc) is 2.77. The smallest absolute Gasteiger partial charge is 0.239 e. The number of rotatable bonds is 3. The van der Waals surface area contributed by atoms with Gasteiger partial charge in [-0.25, -0.2) is 10.8 Å². The van der Waals surface area contributed by atoms with Crippen LogP contribution in [0.5, 0.6) is 0 Å². The second-order valence-corrected chi connectivity index (χ2v) is 5.07. The molecular weight excluding hydrogens is 214 g/mol. The third kappa shape index (κ3) is 2.66. The van der Waals surface area contributed by atoms with E-state index in [0.717, 1.165) is 36.4 Å². The number of nitrogens with zero attached hydrogens (tertiary/aromatic N) is 3. The van der Waals surface area contributed by atoms with Crippen LogP contribution in [-0.4, -0.2) is 23.1 Å². The van der Waals surface area contributed by atoms with Gasteiger partial charge in [-0.3, -0.25) is 5.43 Å². The third-order valence-electron chi connectivity index (χ3n) is 3.46. The molecule has 0 radical (unpaired) electrons. The number of nitrogen functional groups attached to an aromatic ring is 1. The summed E-state index contributed by atoms with van der Waals surface area (Å²) in [6.07, 6.45) is 1.24. The minimum atomic E-state index is 0.494. The first-order valence-corrected chi connectivity index (χ1v) is 6.17. The number of hydrogen-bond donors (Lipinski definition) is 2. The Morgan fingerprint density at radius 2 is 2.24 bits per heavy atom. The fourth-order valence-corrected chi connectivity index (χ4v) is 2.32. The van der Waals surface area contributed by atoms with Crippen LogP contribution >= 0.6 is 0 Å². The average molecular weight is 235 g/mol. The van der Waals surface area contributed by atoms with Crippen LogP contribution in [0.2, 0.25) is 0 Å². The van der Waals surface area contributed by atoms with Gasteiger partial charge in [0, 0.05) is 24.8 Å². The van der Waals surface area contributed by atoms with E-state index in [2.05, 4.69) is 34.1 Å². The quantitative estimate of drug-likeness (QED) is 0.614. The Hall–Kier alpha value is -1.36. The molecule has 3 N–H and O–H groups in total. The molecule has 1 saturated heterocycles. The molecule has 5 nitrogen and oxygen atoms in total. The van der Waals surface area contributed by atoms with Gasteiger partial charge in [0.15, 0.2) is 0 Å². The number of aromatic nitrogens is 2. The van der Waals surface area contributed by atoms with Gasteiger partial charge >= 0.3 is 0 Å². The Labute approximate surface area is 102 Å². The second-order valence-electron chi connectivity index (χ2n) is 5.07. The van der Waals surface area contributed by atoms with E-state index >= 15 is 0 Å². The van der Waals surface area contributed by atoms with Gasteiger partial charge in [-0.2, -0.15) is 4.98 Å². The van der Waals surface area contributed by atoms with E-state index in [0.29, 0.717) is 5.95 Å². The van der Waals surface area contributed by atoms with Gasteiger partial charge < -0.3 is 4.90 Å². The van der Waals surface area contributed by atoms with Crippen LogP contribution in [0.1, 0.15) is 26.0 Å². The van der Waals surface area contributed by atoms with Crippen molar-refractivity contribution >= 4 is 11.8 Å². The van der Waals surface area contributed by atoms with Crippen LogP contribution in [0.3, 0.4) is 0 Å². The summed E-state index contributed by atoms with van der Waals surface area (Å²) < 4.78 is 0. The highest BCUT2D eigenvalue weighted by Gasteiger charge is 2.26. The Bertz CT molecular complexity index is 390. The summed E-state index contributed by atoms with van der Waals surface area (Å²) >= 11 is 0. The summed E-state index contributed by atoms with van der Waals surface area (Å²) in [7, 11) is 0. The van der Waals surface area contributed by atoms with Crippen LogP contribution in [0, 0.1) is 18.8 Å². The molecule has 1 aromatic heterocycles. The van der Waals surface area contributed by atoms with Crippen molar-refractivity contribution < 1.29 is 0 Å². The highest BCUT2D eigenvalue weighted by molar-refractivity contribution is 5.45. The molecule has 0 spiro atoms. The Morgan fingerprint density at radius 3 is 2.82 bits per heavy atom. The largest absolute Gasteiger partial charge is 0.356 e. The van der Waals surface area contributed by atoms with Crippen molar-refractivity contribution in [2.45, 2.75) is 27.2 Å². The second kappa shape index (κ2) is 4.87. The molecule has 1 atom stereocenters. The van der Waals surface area contributed by atoms with Crippen molar-refractivity contribution in [3.8, 4) is 0 Å². The number of nitrogens with two attached hydrogens (primary N) is 1. The molecule has 2 heterocycles. The molecule has 1 aliphatic rings. The molecule has 0 bridgehead atoms. The molecule has 5 heteroatoms. The van der Waals surface area contributed by atoms with Gasteiger partial charge in [0.25, 0.3) is 0 Å². The Kier molecular flexibility index (Phi) is 3.47. The highest BCUT2D eigenvalue weighted by atomic mass is 15.3. The normalized spacial score (nSPS) is 20.1. The molecule has 0 aromatic carbocycles. The van der Waals surface area contributed by atoms with Crippen LogP contribution in [-0.2, 0) is 0 Å². The first-order valence-electron chi connectivity index (χ1n) is 6.17. The Morgan fingerprint density at radius 1 is 1.47 bits per heavy atom. The molecule has 0 aliphatic carbocycles. The molecule has 1 aromatic rings. The fraction of sp³-hybridized carbons (Fsp3) is 0.667. The lowest BCUT2D eigenvalue weighted by molar-refractivity contribution is 0.422. The highest BCUT2D eigenvalue weighted by Crippen LogP contribution is 2.27. The van der Waals surface area contributed by atoms with E-state index in [1.165, 1.54) is 6.42 Å². The zero-order valence-electron chi connectivity index (χ0n) is 10.8. The van der Waals surface area contributed by atoms with Gasteiger partial charge in [-0.1, -0.05) is 13.8 Å². The Balaban J connectivity index is 2.15. The number of hydrazine groups is 1. The summed E-state index contributed by atoms with van der Waals surface area (Å²) in [5, 5.41) is 0. The summed E-state index contributed by atoms with van der Waals surface area (Å²) in [6.45, 7) is 8.68. The molecule has 1 aliphatic heterocycles. The van der Waals surface area contributed by atoms with E-state index in [9.17, 15) is 0 Å². The van der Waals surface area contributed by atoms with Gasteiger partial charge in [-0.05, 0) is 25.2 Å². The standard InChI is InChI=1S/C12H21N5/c1-8(2)10-4-5-17(7-10)11-6-9(3)14-12(15-11)16-13/h6,8,10H,4-5,7,13H2,1-3H3,(H,14,15,16). The first kappa shape index (κ1) is 12.1. The van der Waals surface area contributed by atoms with Crippen molar-refractivity contribution in [2.24, 2.45) is 17.7 Å². The molecule has 17 heavy (non-hydrogen) atoms. The number of aryl methyl sites for hydroxylation is 1. The van der Waals surface area contributed by atoms with E-state index in [1.807, 2.05) is 13.0 Å². The summed E-state index contributed by atoms with van der Waals surface area (Å²) in [5.74, 6) is 8.34. The number of anilines is 2. The van der Waals surface area contributed by atoms with Gasteiger partial charge in [0.05, 0.1) is 0 Å². The lowest BCUT2D eigenvalue weighted by Crippen LogP contribution is -2.23. The van der Waals surface area contributed by atoms with Gasteiger partial charge in [-0.15, -0.1) is 0 Å².